The molecule has 5 nitrogen and oxygen atoms in total. The van der Waals surface area contributed by atoms with Gasteiger partial charge in [-0.25, -0.2) is 0 Å². The summed E-state index contributed by atoms with van der Waals surface area (Å²) >= 11 is 5.89. The van der Waals surface area contributed by atoms with Crippen molar-refractivity contribution in [1.82, 2.24) is 10.2 Å². The third kappa shape index (κ3) is 4.06. The van der Waals surface area contributed by atoms with Crippen LogP contribution in [-0.4, -0.2) is 37.0 Å². The molecular weight excluding hydrogens is 352 g/mol. The Bertz CT molecular complexity index is 792. The SMILES string of the molecule is COCCN1C(=O)Cc2ccccc2[C@@H]1C(=O)NCc1ccc(Cl)cc1. The fraction of sp³-hybridized carbons (Fsp3) is 0.300. The molecule has 1 heterocycles. The van der Waals surface area contributed by atoms with Crippen molar-refractivity contribution in [1.29, 1.82) is 0 Å². The zero-order valence-electron chi connectivity index (χ0n) is 14.6. The predicted octanol–water partition coefficient (Wildman–Crippen LogP) is 2.73. The molecule has 6 heteroatoms. The number of nitrogens with zero attached hydrogens (tertiary/aromatic N) is 1. The lowest BCUT2D eigenvalue weighted by molar-refractivity contribution is -0.142. The number of benzene rings is 2. The van der Waals surface area contributed by atoms with E-state index in [0.717, 1.165) is 16.7 Å². The predicted molar refractivity (Wildman–Crippen MR) is 99.8 cm³/mol. The molecule has 0 aromatic heterocycles. The van der Waals surface area contributed by atoms with E-state index in [1.807, 2.05) is 36.4 Å². The number of carbonyl (C=O) groups is 2. The quantitative estimate of drug-likeness (QED) is 0.848. The van der Waals surface area contributed by atoms with Crippen molar-refractivity contribution in [2.24, 2.45) is 0 Å². The smallest absolute Gasteiger partial charge is 0.247 e. The Labute approximate surface area is 157 Å². The Morgan fingerprint density at radius 1 is 1.23 bits per heavy atom. The molecule has 0 saturated heterocycles. The Morgan fingerprint density at radius 3 is 2.69 bits per heavy atom. The van der Waals surface area contributed by atoms with Gasteiger partial charge in [-0.3, -0.25) is 9.59 Å². The van der Waals surface area contributed by atoms with Crippen LogP contribution in [0.25, 0.3) is 0 Å². The average Bonchev–Trinajstić information content (AvgIpc) is 2.65. The highest BCUT2D eigenvalue weighted by molar-refractivity contribution is 6.30. The van der Waals surface area contributed by atoms with Crippen LogP contribution in [0, 0.1) is 0 Å². The van der Waals surface area contributed by atoms with Crippen LogP contribution in [0.5, 0.6) is 0 Å². The number of amides is 2. The number of ether oxygens (including phenoxy) is 1. The Morgan fingerprint density at radius 2 is 1.96 bits per heavy atom. The van der Waals surface area contributed by atoms with Gasteiger partial charge in [0.15, 0.2) is 0 Å². The Hall–Kier alpha value is -2.37. The molecule has 0 aliphatic carbocycles. The third-order valence-corrected chi connectivity index (χ3v) is 4.74. The minimum absolute atomic E-state index is 0.0626. The summed E-state index contributed by atoms with van der Waals surface area (Å²) < 4.78 is 5.11. The van der Waals surface area contributed by atoms with Gasteiger partial charge in [0.2, 0.25) is 11.8 Å². The Balaban J connectivity index is 1.81. The molecule has 1 aliphatic rings. The lowest BCUT2D eigenvalue weighted by Gasteiger charge is -2.36. The Kier molecular flexibility index (Phi) is 5.91. The summed E-state index contributed by atoms with van der Waals surface area (Å²) in [5, 5.41) is 3.59. The van der Waals surface area contributed by atoms with Gasteiger partial charge < -0.3 is 15.0 Å². The van der Waals surface area contributed by atoms with Crippen LogP contribution < -0.4 is 5.32 Å². The van der Waals surface area contributed by atoms with E-state index in [2.05, 4.69) is 5.32 Å². The molecule has 26 heavy (non-hydrogen) atoms. The number of halogens is 1. The molecule has 1 N–H and O–H groups in total. The highest BCUT2D eigenvalue weighted by Crippen LogP contribution is 2.30. The van der Waals surface area contributed by atoms with E-state index in [4.69, 9.17) is 16.3 Å². The van der Waals surface area contributed by atoms with Gasteiger partial charge in [-0.1, -0.05) is 48.0 Å². The maximum Gasteiger partial charge on any atom is 0.247 e. The standard InChI is InChI=1S/C20H21ClN2O3/c1-26-11-10-23-18(24)12-15-4-2-3-5-17(15)19(23)20(25)22-13-14-6-8-16(21)9-7-14/h2-9,19H,10-13H2,1H3,(H,22,25)/t19-/m1/s1. The summed E-state index contributed by atoms with van der Waals surface area (Å²) in [5.41, 5.74) is 2.72. The van der Waals surface area contributed by atoms with E-state index in [9.17, 15) is 9.59 Å². The van der Waals surface area contributed by atoms with E-state index in [1.165, 1.54) is 0 Å². The number of hydrogen-bond donors (Lipinski definition) is 1. The van der Waals surface area contributed by atoms with Gasteiger partial charge in [-0.15, -0.1) is 0 Å². The van der Waals surface area contributed by atoms with Gasteiger partial charge in [0.1, 0.15) is 6.04 Å². The number of fused-ring (bicyclic) bond motifs is 1. The molecule has 0 spiro atoms. The van der Waals surface area contributed by atoms with Crippen molar-refractivity contribution >= 4 is 23.4 Å². The summed E-state index contributed by atoms with van der Waals surface area (Å²) in [6.45, 7) is 1.14. The van der Waals surface area contributed by atoms with Gasteiger partial charge in [0.05, 0.1) is 13.0 Å². The van der Waals surface area contributed by atoms with Gasteiger partial charge >= 0.3 is 0 Å². The summed E-state index contributed by atoms with van der Waals surface area (Å²) in [7, 11) is 1.58. The first kappa shape index (κ1) is 18.4. The second-order valence-corrected chi connectivity index (χ2v) is 6.64. The van der Waals surface area contributed by atoms with Gasteiger partial charge in [-0.05, 0) is 28.8 Å². The van der Waals surface area contributed by atoms with Gasteiger partial charge in [0, 0.05) is 25.2 Å². The largest absolute Gasteiger partial charge is 0.383 e. The molecular formula is C20H21ClN2O3. The number of methoxy groups -OCH3 is 1. The van der Waals surface area contributed by atoms with Crippen LogP contribution in [0.4, 0.5) is 0 Å². The van der Waals surface area contributed by atoms with E-state index in [1.54, 1.807) is 24.1 Å². The number of nitrogens with one attached hydrogen (secondary N) is 1. The number of hydrogen-bond acceptors (Lipinski definition) is 3. The second-order valence-electron chi connectivity index (χ2n) is 6.20. The molecule has 1 atom stereocenters. The maximum atomic E-state index is 12.9. The normalized spacial score (nSPS) is 16.3. The summed E-state index contributed by atoms with van der Waals surface area (Å²) in [4.78, 5) is 27.1. The minimum atomic E-state index is -0.644. The van der Waals surface area contributed by atoms with Crippen molar-refractivity contribution in [2.45, 2.75) is 19.0 Å². The zero-order valence-corrected chi connectivity index (χ0v) is 15.3. The van der Waals surface area contributed by atoms with Crippen molar-refractivity contribution in [3.8, 4) is 0 Å². The molecule has 0 radical (unpaired) electrons. The van der Waals surface area contributed by atoms with Crippen molar-refractivity contribution in [2.75, 3.05) is 20.3 Å². The number of rotatable bonds is 6. The van der Waals surface area contributed by atoms with Crippen molar-refractivity contribution < 1.29 is 14.3 Å². The molecule has 136 valence electrons. The van der Waals surface area contributed by atoms with Crippen LogP contribution in [0.2, 0.25) is 5.02 Å². The third-order valence-electron chi connectivity index (χ3n) is 4.49. The molecule has 2 aromatic rings. The first-order valence-corrected chi connectivity index (χ1v) is 8.86. The van der Waals surface area contributed by atoms with Crippen molar-refractivity contribution in [3.05, 3.63) is 70.2 Å². The van der Waals surface area contributed by atoms with Gasteiger partial charge in [0.25, 0.3) is 0 Å². The minimum Gasteiger partial charge on any atom is -0.383 e. The molecule has 0 fully saturated rings. The summed E-state index contributed by atoms with van der Waals surface area (Å²) in [6, 6.07) is 14.3. The zero-order chi connectivity index (χ0) is 18.5. The van der Waals surface area contributed by atoms with Crippen LogP contribution in [0.1, 0.15) is 22.7 Å². The van der Waals surface area contributed by atoms with E-state index in [-0.39, 0.29) is 11.8 Å². The van der Waals surface area contributed by atoms with Crippen LogP contribution in [-0.2, 0) is 27.3 Å². The van der Waals surface area contributed by atoms with Gasteiger partial charge in [-0.2, -0.15) is 0 Å². The van der Waals surface area contributed by atoms with Crippen LogP contribution >= 0.6 is 11.6 Å². The van der Waals surface area contributed by atoms with E-state index in [0.29, 0.717) is 31.1 Å². The first-order valence-electron chi connectivity index (χ1n) is 8.48. The molecule has 0 saturated carbocycles. The average molecular weight is 373 g/mol. The highest BCUT2D eigenvalue weighted by atomic mass is 35.5. The lowest BCUT2D eigenvalue weighted by Crippen LogP contribution is -2.48. The fourth-order valence-electron chi connectivity index (χ4n) is 3.15. The monoisotopic (exact) mass is 372 g/mol. The molecule has 0 unspecified atom stereocenters. The second kappa shape index (κ2) is 8.34. The van der Waals surface area contributed by atoms with Crippen molar-refractivity contribution in [3.63, 3.8) is 0 Å². The van der Waals surface area contributed by atoms with E-state index >= 15 is 0 Å². The topological polar surface area (TPSA) is 58.6 Å². The first-order chi connectivity index (χ1) is 12.6. The van der Waals surface area contributed by atoms with E-state index < -0.39 is 6.04 Å². The van der Waals surface area contributed by atoms with Crippen LogP contribution in [0.15, 0.2) is 48.5 Å². The molecule has 2 aromatic carbocycles. The maximum absolute atomic E-state index is 12.9. The summed E-state index contributed by atoms with van der Waals surface area (Å²) in [5.74, 6) is -0.260. The molecule has 1 aliphatic heterocycles. The highest BCUT2D eigenvalue weighted by Gasteiger charge is 2.36. The molecule has 2 amide bonds. The summed E-state index contributed by atoms with van der Waals surface area (Å²) in [6.07, 6.45) is 0.306. The number of carbonyl (C=O) groups excluding carboxylic acids is 2. The molecule has 3 rings (SSSR count). The molecule has 0 bridgehead atoms. The van der Waals surface area contributed by atoms with Crippen LogP contribution in [0.3, 0.4) is 0 Å². The fourth-order valence-corrected chi connectivity index (χ4v) is 3.28. The lowest BCUT2D eigenvalue weighted by atomic mass is 9.91.